The van der Waals surface area contributed by atoms with E-state index in [4.69, 9.17) is 5.26 Å². The third-order valence-corrected chi connectivity index (χ3v) is 1.86. The molecule has 0 saturated heterocycles. The van der Waals surface area contributed by atoms with Gasteiger partial charge in [0, 0.05) is 6.20 Å². The van der Waals surface area contributed by atoms with Crippen molar-refractivity contribution in [1.29, 1.82) is 5.26 Å². The molecule has 1 unspecified atom stereocenters. The van der Waals surface area contributed by atoms with Crippen molar-refractivity contribution >= 4 is 5.91 Å². The van der Waals surface area contributed by atoms with Crippen LogP contribution in [0.4, 0.5) is 0 Å². The van der Waals surface area contributed by atoms with Crippen LogP contribution < -0.4 is 5.32 Å². The van der Waals surface area contributed by atoms with Crippen LogP contribution in [0.2, 0.25) is 0 Å². The predicted octanol–water partition coefficient (Wildman–Crippen LogP) is 0.561. The Labute approximate surface area is 88.2 Å². The molecular weight excluding hydrogens is 192 g/mol. The van der Waals surface area contributed by atoms with Gasteiger partial charge in [-0.25, -0.2) is 9.97 Å². The number of aryl methyl sites for hydroxylation is 1. The van der Waals surface area contributed by atoms with Gasteiger partial charge >= 0.3 is 0 Å². The highest BCUT2D eigenvalue weighted by atomic mass is 16.1. The molecule has 0 aliphatic rings. The highest BCUT2D eigenvalue weighted by Crippen LogP contribution is 1.96. The molecule has 0 aliphatic heterocycles. The molecule has 0 aliphatic carbocycles. The van der Waals surface area contributed by atoms with E-state index in [-0.39, 0.29) is 5.91 Å². The first-order valence-corrected chi connectivity index (χ1v) is 4.59. The van der Waals surface area contributed by atoms with Crippen molar-refractivity contribution in [3.8, 4) is 6.07 Å². The summed E-state index contributed by atoms with van der Waals surface area (Å²) in [6.07, 6.45) is 1.64. The van der Waals surface area contributed by atoms with Gasteiger partial charge in [0.15, 0.2) is 0 Å². The van der Waals surface area contributed by atoms with Crippen LogP contribution in [-0.2, 0) is 11.3 Å². The van der Waals surface area contributed by atoms with Crippen LogP contribution in [0.3, 0.4) is 0 Å². The van der Waals surface area contributed by atoms with E-state index in [9.17, 15) is 4.79 Å². The maximum Gasteiger partial charge on any atom is 0.237 e. The largest absolute Gasteiger partial charge is 0.349 e. The molecule has 1 aromatic heterocycles. The number of rotatable bonds is 3. The lowest BCUT2D eigenvalue weighted by atomic mass is 10.2. The standard InChI is InChI=1S/C10H12N4O/c1-7(5-11)10(15)13-6-9-3-4-12-8(2)14-9/h3-4,7H,6H2,1-2H3,(H,13,15). The lowest BCUT2D eigenvalue weighted by Crippen LogP contribution is -2.28. The van der Waals surface area contributed by atoms with Crippen LogP contribution in [0, 0.1) is 24.2 Å². The molecule has 1 heterocycles. The monoisotopic (exact) mass is 204 g/mol. The quantitative estimate of drug-likeness (QED) is 0.780. The Kier molecular flexibility index (Phi) is 3.75. The zero-order valence-electron chi connectivity index (χ0n) is 8.69. The molecule has 78 valence electrons. The van der Waals surface area contributed by atoms with Crippen LogP contribution in [0.15, 0.2) is 12.3 Å². The summed E-state index contributed by atoms with van der Waals surface area (Å²) in [5.41, 5.74) is 0.737. The first kappa shape index (κ1) is 11.1. The van der Waals surface area contributed by atoms with Crippen molar-refractivity contribution in [2.75, 3.05) is 0 Å². The third-order valence-electron chi connectivity index (χ3n) is 1.86. The van der Waals surface area contributed by atoms with Crippen molar-refractivity contribution in [1.82, 2.24) is 15.3 Å². The van der Waals surface area contributed by atoms with Crippen LogP contribution in [0.25, 0.3) is 0 Å². The Morgan fingerprint density at radius 2 is 2.47 bits per heavy atom. The minimum atomic E-state index is -0.632. The van der Waals surface area contributed by atoms with E-state index in [2.05, 4.69) is 15.3 Å². The zero-order chi connectivity index (χ0) is 11.3. The van der Waals surface area contributed by atoms with Crippen LogP contribution in [-0.4, -0.2) is 15.9 Å². The van der Waals surface area contributed by atoms with Crippen molar-refractivity contribution in [2.24, 2.45) is 5.92 Å². The molecule has 0 saturated carbocycles. The smallest absolute Gasteiger partial charge is 0.237 e. The Morgan fingerprint density at radius 3 is 3.07 bits per heavy atom. The van der Waals surface area contributed by atoms with Gasteiger partial charge in [-0.15, -0.1) is 0 Å². The number of amides is 1. The van der Waals surface area contributed by atoms with Crippen LogP contribution in [0.1, 0.15) is 18.4 Å². The molecule has 0 bridgehead atoms. The molecule has 0 fully saturated rings. The average molecular weight is 204 g/mol. The number of aromatic nitrogens is 2. The van der Waals surface area contributed by atoms with Gasteiger partial charge in [0.05, 0.1) is 18.3 Å². The van der Waals surface area contributed by atoms with Gasteiger partial charge in [-0.05, 0) is 19.9 Å². The predicted molar refractivity (Wildman–Crippen MR) is 53.4 cm³/mol. The maximum absolute atomic E-state index is 11.3. The molecule has 1 N–H and O–H groups in total. The summed E-state index contributed by atoms with van der Waals surface area (Å²) in [7, 11) is 0. The number of hydrogen-bond acceptors (Lipinski definition) is 4. The number of nitriles is 1. The number of carbonyl (C=O) groups is 1. The molecular formula is C10H12N4O. The van der Waals surface area contributed by atoms with E-state index < -0.39 is 5.92 Å². The highest BCUT2D eigenvalue weighted by Gasteiger charge is 2.10. The van der Waals surface area contributed by atoms with Gasteiger partial charge < -0.3 is 5.32 Å². The first-order valence-electron chi connectivity index (χ1n) is 4.59. The van der Waals surface area contributed by atoms with Crippen LogP contribution >= 0.6 is 0 Å². The Balaban J connectivity index is 2.51. The van der Waals surface area contributed by atoms with Gasteiger partial charge in [-0.2, -0.15) is 5.26 Å². The topological polar surface area (TPSA) is 78.7 Å². The summed E-state index contributed by atoms with van der Waals surface area (Å²) in [6, 6.07) is 3.59. The SMILES string of the molecule is Cc1nccc(CNC(=O)C(C)C#N)n1. The Morgan fingerprint density at radius 1 is 1.73 bits per heavy atom. The molecule has 1 atom stereocenters. The van der Waals surface area contributed by atoms with Crippen molar-refractivity contribution in [3.05, 3.63) is 23.8 Å². The molecule has 5 nitrogen and oxygen atoms in total. The summed E-state index contributed by atoms with van der Waals surface area (Å²) in [5.74, 6) is -0.253. The van der Waals surface area contributed by atoms with Gasteiger partial charge in [-0.3, -0.25) is 4.79 Å². The van der Waals surface area contributed by atoms with E-state index in [1.54, 1.807) is 26.1 Å². The summed E-state index contributed by atoms with van der Waals surface area (Å²) >= 11 is 0. The molecule has 15 heavy (non-hydrogen) atoms. The number of nitrogens with zero attached hydrogens (tertiary/aromatic N) is 3. The fraction of sp³-hybridized carbons (Fsp3) is 0.400. The van der Waals surface area contributed by atoms with Gasteiger partial charge in [0.2, 0.25) is 5.91 Å². The van der Waals surface area contributed by atoms with Crippen molar-refractivity contribution in [2.45, 2.75) is 20.4 Å². The third kappa shape index (κ3) is 3.35. The van der Waals surface area contributed by atoms with E-state index >= 15 is 0 Å². The minimum Gasteiger partial charge on any atom is -0.349 e. The second-order valence-electron chi connectivity index (χ2n) is 3.16. The lowest BCUT2D eigenvalue weighted by Gasteiger charge is -2.05. The van der Waals surface area contributed by atoms with E-state index in [0.29, 0.717) is 12.4 Å². The molecule has 1 rings (SSSR count). The average Bonchev–Trinajstić information content (AvgIpc) is 2.25. The highest BCUT2D eigenvalue weighted by molar-refractivity contribution is 5.80. The fourth-order valence-electron chi connectivity index (χ4n) is 0.993. The number of carbonyl (C=O) groups excluding carboxylic acids is 1. The number of nitrogens with one attached hydrogen (secondary N) is 1. The Bertz CT molecular complexity index is 397. The normalized spacial score (nSPS) is 11.5. The molecule has 0 spiro atoms. The maximum atomic E-state index is 11.3. The van der Waals surface area contributed by atoms with Gasteiger partial charge in [0.1, 0.15) is 11.7 Å². The van der Waals surface area contributed by atoms with E-state index in [0.717, 1.165) is 5.69 Å². The van der Waals surface area contributed by atoms with Crippen LogP contribution in [0.5, 0.6) is 0 Å². The lowest BCUT2D eigenvalue weighted by molar-refractivity contribution is -0.123. The second kappa shape index (κ2) is 5.05. The first-order chi connectivity index (χ1) is 7.13. The summed E-state index contributed by atoms with van der Waals surface area (Å²) in [5, 5.41) is 11.1. The van der Waals surface area contributed by atoms with Gasteiger partial charge in [0.25, 0.3) is 0 Å². The van der Waals surface area contributed by atoms with E-state index in [1.165, 1.54) is 0 Å². The van der Waals surface area contributed by atoms with Gasteiger partial charge in [-0.1, -0.05) is 0 Å². The van der Waals surface area contributed by atoms with Crippen molar-refractivity contribution in [3.63, 3.8) is 0 Å². The fourth-order valence-corrected chi connectivity index (χ4v) is 0.993. The summed E-state index contributed by atoms with van der Waals surface area (Å²) in [4.78, 5) is 19.3. The Hall–Kier alpha value is -1.96. The molecule has 1 amide bonds. The summed E-state index contributed by atoms with van der Waals surface area (Å²) < 4.78 is 0. The van der Waals surface area contributed by atoms with E-state index in [1.807, 2.05) is 6.07 Å². The molecule has 1 aromatic rings. The molecule has 0 aromatic carbocycles. The second-order valence-corrected chi connectivity index (χ2v) is 3.16. The zero-order valence-corrected chi connectivity index (χ0v) is 8.69. The number of hydrogen-bond donors (Lipinski definition) is 1. The molecule has 5 heteroatoms. The summed E-state index contributed by atoms with van der Waals surface area (Å²) in [6.45, 7) is 3.66. The molecule has 0 radical (unpaired) electrons. The minimum absolute atomic E-state index is 0.284. The van der Waals surface area contributed by atoms with Crippen molar-refractivity contribution < 1.29 is 4.79 Å².